The monoisotopic (exact) mass is 313 g/mol. The van der Waals surface area contributed by atoms with Crippen molar-refractivity contribution < 1.29 is 0 Å². The molecule has 0 amide bonds. The van der Waals surface area contributed by atoms with E-state index in [9.17, 15) is 0 Å². The van der Waals surface area contributed by atoms with Crippen LogP contribution in [-0.2, 0) is 0 Å². The predicted molar refractivity (Wildman–Crippen MR) is 88.6 cm³/mol. The van der Waals surface area contributed by atoms with Crippen molar-refractivity contribution in [2.24, 2.45) is 23.5 Å². The Labute approximate surface area is 133 Å². The van der Waals surface area contributed by atoms with Crippen LogP contribution >= 0.6 is 24.0 Å². The first-order valence-corrected chi connectivity index (χ1v) is 7.89. The summed E-state index contributed by atoms with van der Waals surface area (Å²) in [5.74, 6) is 2.87. The Morgan fingerprint density at radius 2 is 1.50 bits per heavy atom. The molecule has 1 aromatic rings. The molecule has 1 aromatic carbocycles. The molecule has 1 nitrogen and oxygen atoms in total. The molecule has 3 aliphatic carbocycles. The third-order valence-corrected chi connectivity index (χ3v) is 5.59. The second-order valence-corrected chi connectivity index (χ2v) is 7.54. The molecule has 0 aromatic heterocycles. The lowest BCUT2D eigenvalue weighted by molar-refractivity contribution is 0.0264. The summed E-state index contributed by atoms with van der Waals surface area (Å²) in [6, 6.07) is 8.48. The predicted octanol–water partition coefficient (Wildman–Crippen LogP) is 5.02. The van der Waals surface area contributed by atoms with E-state index in [0.29, 0.717) is 11.8 Å². The standard InChI is InChI=1S/C17H24ClN.ClH/c1-17(2,19)16-13-5-3-11(4-6-13)15(16)12-7-9-14(18)10-8-12;/h7-11,13,15-16H,3-6,19H2,1-2H3;1H. The topological polar surface area (TPSA) is 26.0 Å². The van der Waals surface area contributed by atoms with E-state index in [1.165, 1.54) is 31.2 Å². The molecule has 0 heterocycles. The molecule has 2 bridgehead atoms. The number of halogens is 2. The lowest BCUT2D eigenvalue weighted by atomic mass is 9.52. The van der Waals surface area contributed by atoms with Crippen LogP contribution in [0.25, 0.3) is 0 Å². The summed E-state index contributed by atoms with van der Waals surface area (Å²) >= 11 is 6.03. The average Bonchev–Trinajstić information content (AvgIpc) is 2.39. The number of nitrogens with two attached hydrogens (primary N) is 1. The quantitative estimate of drug-likeness (QED) is 0.815. The summed E-state index contributed by atoms with van der Waals surface area (Å²) < 4.78 is 0. The van der Waals surface area contributed by atoms with Gasteiger partial charge in [0.1, 0.15) is 0 Å². The molecule has 3 fully saturated rings. The van der Waals surface area contributed by atoms with Crippen molar-refractivity contribution >= 4 is 24.0 Å². The van der Waals surface area contributed by atoms with Crippen LogP contribution in [0.2, 0.25) is 5.02 Å². The van der Waals surface area contributed by atoms with E-state index in [-0.39, 0.29) is 17.9 Å². The van der Waals surface area contributed by atoms with Gasteiger partial charge in [-0.05, 0) is 80.9 Å². The van der Waals surface area contributed by atoms with Gasteiger partial charge in [0.25, 0.3) is 0 Å². The van der Waals surface area contributed by atoms with E-state index >= 15 is 0 Å². The van der Waals surface area contributed by atoms with Crippen molar-refractivity contribution in [2.45, 2.75) is 51.0 Å². The van der Waals surface area contributed by atoms with Crippen LogP contribution in [0, 0.1) is 17.8 Å². The van der Waals surface area contributed by atoms with E-state index in [4.69, 9.17) is 17.3 Å². The fourth-order valence-electron chi connectivity index (χ4n) is 4.68. The van der Waals surface area contributed by atoms with Crippen LogP contribution in [0.1, 0.15) is 51.0 Å². The molecule has 20 heavy (non-hydrogen) atoms. The van der Waals surface area contributed by atoms with Crippen molar-refractivity contribution in [3.63, 3.8) is 0 Å². The highest BCUT2D eigenvalue weighted by atomic mass is 35.5. The van der Waals surface area contributed by atoms with Crippen LogP contribution in [0.4, 0.5) is 0 Å². The molecule has 2 atom stereocenters. The molecule has 0 radical (unpaired) electrons. The Morgan fingerprint density at radius 1 is 1.00 bits per heavy atom. The van der Waals surface area contributed by atoms with Gasteiger partial charge in [-0.1, -0.05) is 23.7 Å². The number of fused-ring (bicyclic) bond motifs is 3. The molecule has 2 unspecified atom stereocenters. The number of hydrogen-bond acceptors (Lipinski definition) is 1. The Morgan fingerprint density at radius 3 is 2.00 bits per heavy atom. The molecule has 4 rings (SSSR count). The van der Waals surface area contributed by atoms with Gasteiger partial charge in [-0.3, -0.25) is 0 Å². The number of rotatable bonds is 2. The molecule has 3 heteroatoms. The zero-order valence-electron chi connectivity index (χ0n) is 12.3. The third-order valence-electron chi connectivity index (χ3n) is 5.33. The zero-order valence-corrected chi connectivity index (χ0v) is 13.9. The Balaban J connectivity index is 0.00000147. The minimum absolute atomic E-state index is 0. The summed E-state index contributed by atoms with van der Waals surface area (Å²) in [6.07, 6.45) is 5.51. The average molecular weight is 314 g/mol. The normalized spacial score (nSPS) is 32.8. The minimum Gasteiger partial charge on any atom is -0.325 e. The second kappa shape index (κ2) is 5.87. The molecular formula is C17H25Cl2N. The van der Waals surface area contributed by atoms with Gasteiger partial charge in [0.05, 0.1) is 0 Å². The van der Waals surface area contributed by atoms with Gasteiger partial charge in [-0.2, -0.15) is 0 Å². The van der Waals surface area contributed by atoms with Gasteiger partial charge in [-0.25, -0.2) is 0 Å². The Hall–Kier alpha value is -0.240. The lowest BCUT2D eigenvalue weighted by Gasteiger charge is -2.54. The SMILES string of the molecule is CC(C)(N)C1C2CCC(CC2)C1c1ccc(Cl)cc1.Cl. The van der Waals surface area contributed by atoms with Gasteiger partial charge >= 0.3 is 0 Å². The minimum atomic E-state index is -0.0892. The van der Waals surface area contributed by atoms with Crippen molar-refractivity contribution in [2.75, 3.05) is 0 Å². The first kappa shape index (κ1) is 16.1. The van der Waals surface area contributed by atoms with Gasteiger partial charge in [-0.15, -0.1) is 12.4 Å². The fourth-order valence-corrected chi connectivity index (χ4v) is 4.81. The van der Waals surface area contributed by atoms with Crippen LogP contribution in [0.3, 0.4) is 0 Å². The maximum atomic E-state index is 6.53. The highest BCUT2D eigenvalue weighted by Crippen LogP contribution is 2.56. The number of benzene rings is 1. The Kier molecular flexibility index (Phi) is 4.73. The van der Waals surface area contributed by atoms with Gasteiger partial charge in [0.2, 0.25) is 0 Å². The number of hydrogen-bond donors (Lipinski definition) is 1. The molecule has 0 spiro atoms. The maximum Gasteiger partial charge on any atom is 0.0406 e. The summed E-state index contributed by atoms with van der Waals surface area (Å²) in [7, 11) is 0. The Bertz CT molecular complexity index is 441. The van der Waals surface area contributed by atoms with Crippen LogP contribution in [0.15, 0.2) is 24.3 Å². The summed E-state index contributed by atoms with van der Waals surface area (Å²) in [5.41, 5.74) is 7.89. The van der Waals surface area contributed by atoms with E-state index in [0.717, 1.165) is 16.9 Å². The van der Waals surface area contributed by atoms with E-state index in [1.807, 2.05) is 12.1 Å². The van der Waals surface area contributed by atoms with E-state index in [1.54, 1.807) is 0 Å². The van der Waals surface area contributed by atoms with E-state index in [2.05, 4.69) is 26.0 Å². The summed E-state index contributed by atoms with van der Waals surface area (Å²) in [5, 5.41) is 0.827. The maximum absolute atomic E-state index is 6.53. The largest absolute Gasteiger partial charge is 0.325 e. The smallest absolute Gasteiger partial charge is 0.0406 e. The molecule has 2 N–H and O–H groups in total. The molecule has 112 valence electrons. The third kappa shape index (κ3) is 2.86. The highest BCUT2D eigenvalue weighted by Gasteiger charge is 2.48. The fraction of sp³-hybridized carbons (Fsp3) is 0.647. The summed E-state index contributed by atoms with van der Waals surface area (Å²) in [4.78, 5) is 0. The van der Waals surface area contributed by atoms with Crippen molar-refractivity contribution in [1.82, 2.24) is 0 Å². The lowest BCUT2D eigenvalue weighted by Crippen LogP contribution is -2.53. The van der Waals surface area contributed by atoms with Gasteiger partial charge in [0, 0.05) is 10.6 Å². The molecular weight excluding hydrogens is 289 g/mol. The van der Waals surface area contributed by atoms with Crippen LogP contribution in [-0.4, -0.2) is 5.54 Å². The van der Waals surface area contributed by atoms with E-state index < -0.39 is 0 Å². The van der Waals surface area contributed by atoms with Crippen molar-refractivity contribution in [3.05, 3.63) is 34.9 Å². The first-order valence-electron chi connectivity index (χ1n) is 7.51. The van der Waals surface area contributed by atoms with Crippen molar-refractivity contribution in [3.8, 4) is 0 Å². The molecule has 0 aliphatic heterocycles. The van der Waals surface area contributed by atoms with Crippen LogP contribution in [0.5, 0.6) is 0 Å². The molecule has 3 aliphatic rings. The highest BCUT2D eigenvalue weighted by molar-refractivity contribution is 6.30. The van der Waals surface area contributed by atoms with Gasteiger partial charge < -0.3 is 5.73 Å². The summed E-state index contributed by atoms with van der Waals surface area (Å²) in [6.45, 7) is 4.42. The zero-order chi connectivity index (χ0) is 13.6. The first-order chi connectivity index (χ1) is 8.97. The second-order valence-electron chi connectivity index (χ2n) is 7.10. The van der Waals surface area contributed by atoms with Gasteiger partial charge in [0.15, 0.2) is 0 Å². The molecule has 3 saturated carbocycles. The van der Waals surface area contributed by atoms with Crippen LogP contribution < -0.4 is 5.73 Å². The van der Waals surface area contributed by atoms with Crippen molar-refractivity contribution in [1.29, 1.82) is 0 Å². The molecule has 0 saturated heterocycles.